The third-order valence-electron chi connectivity index (χ3n) is 4.37. The van der Waals surface area contributed by atoms with Gasteiger partial charge >= 0.3 is 0 Å². The zero-order valence-corrected chi connectivity index (χ0v) is 14.6. The lowest BCUT2D eigenvalue weighted by Crippen LogP contribution is -2.22. The highest BCUT2D eigenvalue weighted by molar-refractivity contribution is 6.49. The first-order valence-corrected chi connectivity index (χ1v) is 8.52. The number of amides is 3. The summed E-state index contributed by atoms with van der Waals surface area (Å²) < 4.78 is 0. The number of likely N-dealkylation sites (tertiary alicyclic amines) is 1. The molecule has 2 aliphatic heterocycles. The first kappa shape index (κ1) is 17.6. The van der Waals surface area contributed by atoms with Crippen molar-refractivity contribution in [1.29, 1.82) is 0 Å². The summed E-state index contributed by atoms with van der Waals surface area (Å²) in [6.45, 7) is 0.957. The molecule has 1 N–H and O–H groups in total. The first-order chi connectivity index (χ1) is 12.6. The fourth-order valence-corrected chi connectivity index (χ4v) is 3.00. The molecule has 1 saturated heterocycles. The van der Waals surface area contributed by atoms with E-state index in [9.17, 15) is 14.4 Å². The van der Waals surface area contributed by atoms with E-state index >= 15 is 0 Å². The van der Waals surface area contributed by atoms with Gasteiger partial charge in [-0.1, -0.05) is 60.7 Å². The van der Waals surface area contributed by atoms with Gasteiger partial charge in [0.2, 0.25) is 5.91 Å². The molecule has 3 amide bonds. The molecule has 4 rings (SSSR count). The molecule has 0 spiro atoms. The third kappa shape index (κ3) is 3.72. The predicted molar refractivity (Wildman–Crippen MR) is 99.7 cm³/mol. The van der Waals surface area contributed by atoms with Gasteiger partial charge < -0.3 is 4.90 Å². The Bertz CT molecular complexity index is 798. The summed E-state index contributed by atoms with van der Waals surface area (Å²) >= 11 is 0. The Kier molecular flexibility index (Phi) is 5.27. The van der Waals surface area contributed by atoms with Crippen LogP contribution < -0.4 is 5.32 Å². The second kappa shape index (κ2) is 7.78. The topological polar surface area (TPSA) is 66.5 Å². The van der Waals surface area contributed by atoms with Crippen LogP contribution in [-0.2, 0) is 14.4 Å². The predicted octanol–water partition coefficient (Wildman–Crippen LogP) is 2.49. The van der Waals surface area contributed by atoms with Gasteiger partial charge in [0.05, 0.1) is 11.1 Å². The molecule has 0 aromatic heterocycles. The van der Waals surface area contributed by atoms with Gasteiger partial charge in [0.15, 0.2) is 0 Å². The largest absolute Gasteiger partial charge is 0.346 e. The zero-order chi connectivity index (χ0) is 18.5. The minimum Gasteiger partial charge on any atom is -0.346 e. The van der Waals surface area contributed by atoms with Gasteiger partial charge in [-0.3, -0.25) is 19.7 Å². The Hall–Kier alpha value is -3.21. The van der Waals surface area contributed by atoms with Crippen molar-refractivity contribution in [2.45, 2.75) is 12.8 Å². The van der Waals surface area contributed by atoms with Crippen molar-refractivity contribution >= 4 is 28.9 Å². The minimum atomic E-state index is -0.338. The van der Waals surface area contributed by atoms with E-state index in [1.54, 1.807) is 4.90 Å². The van der Waals surface area contributed by atoms with Crippen LogP contribution in [0.5, 0.6) is 0 Å². The van der Waals surface area contributed by atoms with Gasteiger partial charge in [0.1, 0.15) is 0 Å². The van der Waals surface area contributed by atoms with Crippen molar-refractivity contribution in [3.8, 4) is 0 Å². The Balaban J connectivity index is 0.000000236. The summed E-state index contributed by atoms with van der Waals surface area (Å²) in [5.74, 6) is -0.384. The van der Waals surface area contributed by atoms with Crippen molar-refractivity contribution in [2.75, 3.05) is 13.6 Å². The molecular weight excluding hydrogens is 328 g/mol. The molecule has 2 aromatic carbocycles. The highest BCUT2D eigenvalue weighted by Crippen LogP contribution is 2.30. The SMILES string of the molecule is CN1CCCC1=O.O=C1NC(=O)C(c2ccccc2)=C1c1ccccc1. The fourth-order valence-electron chi connectivity index (χ4n) is 3.00. The van der Waals surface area contributed by atoms with Crippen LogP contribution in [0.2, 0.25) is 0 Å². The summed E-state index contributed by atoms with van der Waals surface area (Å²) in [4.78, 5) is 36.2. The summed E-state index contributed by atoms with van der Waals surface area (Å²) in [6.07, 6.45) is 1.81. The standard InChI is InChI=1S/C16H11NO2.C5H9NO/c18-15-13(11-7-3-1-4-8-11)14(16(19)17-15)12-9-5-2-6-10-12;1-6-4-2-3-5(6)7/h1-10H,(H,17,18,19);2-4H2,1H3. The number of nitrogens with zero attached hydrogens (tertiary/aromatic N) is 1. The van der Waals surface area contributed by atoms with Gasteiger partial charge in [-0.15, -0.1) is 0 Å². The minimum absolute atomic E-state index is 0.292. The molecule has 5 heteroatoms. The Morgan fingerprint density at radius 1 is 0.769 bits per heavy atom. The maximum absolute atomic E-state index is 12.0. The summed E-state index contributed by atoms with van der Waals surface area (Å²) in [5.41, 5.74) is 2.39. The molecule has 5 nitrogen and oxygen atoms in total. The van der Waals surface area contributed by atoms with Crippen LogP contribution in [0.3, 0.4) is 0 Å². The monoisotopic (exact) mass is 348 g/mol. The highest BCUT2D eigenvalue weighted by Gasteiger charge is 2.31. The van der Waals surface area contributed by atoms with E-state index in [0.29, 0.717) is 17.1 Å². The lowest BCUT2D eigenvalue weighted by atomic mass is 9.96. The molecule has 1 fully saturated rings. The normalized spacial score (nSPS) is 16.5. The highest BCUT2D eigenvalue weighted by atomic mass is 16.2. The van der Waals surface area contributed by atoms with Gasteiger partial charge in [-0.25, -0.2) is 0 Å². The average Bonchev–Trinajstić information content (AvgIpc) is 3.18. The van der Waals surface area contributed by atoms with Gasteiger partial charge in [0.25, 0.3) is 11.8 Å². The molecule has 2 heterocycles. The summed E-state index contributed by atoms with van der Waals surface area (Å²) in [6, 6.07) is 18.5. The van der Waals surface area contributed by atoms with Crippen LogP contribution in [0.1, 0.15) is 24.0 Å². The van der Waals surface area contributed by atoms with Crippen LogP contribution in [0.4, 0.5) is 0 Å². The molecule has 132 valence electrons. The smallest absolute Gasteiger partial charge is 0.259 e. The molecular formula is C21H20N2O3. The molecule has 0 unspecified atom stereocenters. The van der Waals surface area contributed by atoms with E-state index < -0.39 is 0 Å². The first-order valence-electron chi connectivity index (χ1n) is 8.52. The number of hydrogen-bond acceptors (Lipinski definition) is 3. The number of imide groups is 1. The lowest BCUT2D eigenvalue weighted by molar-refractivity contribution is -0.126. The number of rotatable bonds is 2. The Morgan fingerprint density at radius 2 is 1.23 bits per heavy atom. The van der Waals surface area contributed by atoms with E-state index in [1.807, 2.05) is 67.7 Å². The molecule has 0 aliphatic carbocycles. The van der Waals surface area contributed by atoms with Crippen molar-refractivity contribution in [3.63, 3.8) is 0 Å². The van der Waals surface area contributed by atoms with Crippen LogP contribution in [0.25, 0.3) is 11.1 Å². The Morgan fingerprint density at radius 3 is 1.54 bits per heavy atom. The molecule has 26 heavy (non-hydrogen) atoms. The van der Waals surface area contributed by atoms with Gasteiger partial charge in [0, 0.05) is 20.0 Å². The molecule has 0 atom stereocenters. The second-order valence-electron chi connectivity index (χ2n) is 6.18. The number of benzene rings is 2. The van der Waals surface area contributed by atoms with Gasteiger partial charge in [-0.05, 0) is 17.5 Å². The summed E-state index contributed by atoms with van der Waals surface area (Å²) in [5, 5.41) is 2.36. The summed E-state index contributed by atoms with van der Waals surface area (Å²) in [7, 11) is 1.84. The fraction of sp³-hybridized carbons (Fsp3) is 0.190. The molecule has 2 aromatic rings. The second-order valence-corrected chi connectivity index (χ2v) is 6.18. The van der Waals surface area contributed by atoms with Crippen LogP contribution >= 0.6 is 0 Å². The number of nitrogens with one attached hydrogen (secondary N) is 1. The number of hydrogen-bond donors (Lipinski definition) is 1. The molecule has 0 radical (unpaired) electrons. The van der Waals surface area contributed by atoms with Crippen molar-refractivity contribution < 1.29 is 14.4 Å². The van der Waals surface area contributed by atoms with Crippen LogP contribution in [-0.4, -0.2) is 36.2 Å². The van der Waals surface area contributed by atoms with E-state index in [2.05, 4.69) is 5.32 Å². The van der Waals surface area contributed by atoms with Crippen molar-refractivity contribution in [3.05, 3.63) is 71.8 Å². The van der Waals surface area contributed by atoms with E-state index in [-0.39, 0.29) is 11.8 Å². The Labute approximate surface area is 152 Å². The molecule has 0 saturated carbocycles. The van der Waals surface area contributed by atoms with Crippen LogP contribution in [0.15, 0.2) is 60.7 Å². The van der Waals surface area contributed by atoms with E-state index in [4.69, 9.17) is 0 Å². The lowest BCUT2D eigenvalue weighted by Gasteiger charge is -2.04. The third-order valence-corrected chi connectivity index (χ3v) is 4.37. The maximum atomic E-state index is 12.0. The van der Waals surface area contributed by atoms with Crippen molar-refractivity contribution in [2.24, 2.45) is 0 Å². The average molecular weight is 348 g/mol. The van der Waals surface area contributed by atoms with Crippen molar-refractivity contribution in [1.82, 2.24) is 10.2 Å². The molecule has 0 bridgehead atoms. The molecule has 2 aliphatic rings. The van der Waals surface area contributed by atoms with E-state index in [1.165, 1.54) is 0 Å². The number of carbonyl (C=O) groups is 3. The number of carbonyl (C=O) groups excluding carboxylic acids is 3. The quantitative estimate of drug-likeness (QED) is 0.848. The van der Waals surface area contributed by atoms with Gasteiger partial charge in [-0.2, -0.15) is 0 Å². The van der Waals surface area contributed by atoms with E-state index in [0.717, 1.165) is 30.5 Å². The maximum Gasteiger partial charge on any atom is 0.259 e. The van der Waals surface area contributed by atoms with Crippen LogP contribution in [0, 0.1) is 0 Å². The zero-order valence-electron chi connectivity index (χ0n) is 14.6.